The molecule has 2 aromatic rings. The molecular weight excluding hydrogens is 334 g/mol. The van der Waals surface area contributed by atoms with Crippen LogP contribution in [-0.2, 0) is 9.53 Å². The molecule has 2 amide bonds. The fourth-order valence-electron chi connectivity index (χ4n) is 2.88. The third kappa shape index (κ3) is 4.20. The lowest BCUT2D eigenvalue weighted by Gasteiger charge is -2.32. The van der Waals surface area contributed by atoms with Crippen LogP contribution in [0, 0.1) is 13.8 Å². The van der Waals surface area contributed by atoms with E-state index in [0.29, 0.717) is 36.9 Å². The Hall–Kier alpha value is -2.87. The van der Waals surface area contributed by atoms with Gasteiger partial charge in [-0.2, -0.15) is 0 Å². The van der Waals surface area contributed by atoms with E-state index in [1.54, 1.807) is 17.0 Å². The molecule has 8 heteroatoms. The zero-order valence-corrected chi connectivity index (χ0v) is 15.0. The zero-order valence-electron chi connectivity index (χ0n) is 15.0. The summed E-state index contributed by atoms with van der Waals surface area (Å²) >= 11 is 0. The van der Waals surface area contributed by atoms with Crippen molar-refractivity contribution in [2.24, 2.45) is 0 Å². The van der Waals surface area contributed by atoms with E-state index >= 15 is 0 Å². The molecule has 1 atom stereocenters. The Kier molecular flexibility index (Phi) is 5.22. The van der Waals surface area contributed by atoms with Crippen LogP contribution in [0.5, 0.6) is 0 Å². The van der Waals surface area contributed by atoms with Gasteiger partial charge in [-0.05, 0) is 32.0 Å². The van der Waals surface area contributed by atoms with Crippen molar-refractivity contribution in [1.29, 1.82) is 0 Å². The van der Waals surface area contributed by atoms with Gasteiger partial charge < -0.3 is 15.0 Å². The first-order chi connectivity index (χ1) is 12.4. The van der Waals surface area contributed by atoms with E-state index in [-0.39, 0.29) is 17.9 Å². The van der Waals surface area contributed by atoms with Crippen molar-refractivity contribution in [3.8, 4) is 0 Å². The first-order valence-electron chi connectivity index (χ1n) is 8.39. The lowest BCUT2D eigenvalue weighted by atomic mass is 10.2. The number of morpholine rings is 1. The molecule has 0 aromatic carbocycles. The molecule has 0 saturated carbocycles. The van der Waals surface area contributed by atoms with Crippen molar-refractivity contribution in [2.45, 2.75) is 26.9 Å². The van der Waals surface area contributed by atoms with Crippen LogP contribution >= 0.6 is 0 Å². The molecule has 136 valence electrons. The summed E-state index contributed by atoms with van der Waals surface area (Å²) in [5.41, 5.74) is 2.20. The number of anilines is 1. The van der Waals surface area contributed by atoms with Gasteiger partial charge in [0, 0.05) is 36.6 Å². The number of ether oxygens (including phenoxy) is 1. The van der Waals surface area contributed by atoms with Gasteiger partial charge in [0.1, 0.15) is 11.9 Å². The van der Waals surface area contributed by atoms with Crippen molar-refractivity contribution < 1.29 is 14.3 Å². The second-order valence-corrected chi connectivity index (χ2v) is 6.23. The summed E-state index contributed by atoms with van der Waals surface area (Å²) < 4.78 is 5.78. The van der Waals surface area contributed by atoms with E-state index in [9.17, 15) is 9.59 Å². The summed E-state index contributed by atoms with van der Waals surface area (Å²) in [5, 5.41) is 2.58. The Bertz CT molecular complexity index is 819. The van der Waals surface area contributed by atoms with Crippen LogP contribution in [-0.4, -0.2) is 51.4 Å². The highest BCUT2D eigenvalue weighted by Gasteiger charge is 2.28. The maximum Gasteiger partial charge on any atom is 0.254 e. The Labute approximate surface area is 151 Å². The van der Waals surface area contributed by atoms with Crippen LogP contribution in [0.3, 0.4) is 0 Å². The molecule has 26 heavy (non-hydrogen) atoms. The summed E-state index contributed by atoms with van der Waals surface area (Å²) in [5.74, 6) is 0.566. The highest BCUT2D eigenvalue weighted by atomic mass is 16.5. The number of hydrogen-bond acceptors (Lipinski definition) is 6. The fraction of sp³-hybridized carbons (Fsp3) is 0.389. The van der Waals surface area contributed by atoms with Gasteiger partial charge in [0.05, 0.1) is 13.2 Å². The largest absolute Gasteiger partial charge is 0.367 e. The van der Waals surface area contributed by atoms with E-state index in [0.717, 1.165) is 11.4 Å². The fourth-order valence-corrected chi connectivity index (χ4v) is 2.88. The molecule has 0 bridgehead atoms. The summed E-state index contributed by atoms with van der Waals surface area (Å²) in [6.07, 6.45) is 1.15. The molecule has 3 rings (SSSR count). The molecule has 8 nitrogen and oxygen atoms in total. The predicted octanol–water partition coefficient (Wildman–Crippen LogP) is 1.66. The average molecular weight is 355 g/mol. The van der Waals surface area contributed by atoms with Gasteiger partial charge in [-0.3, -0.25) is 9.59 Å². The van der Waals surface area contributed by atoms with Crippen LogP contribution in [0.2, 0.25) is 0 Å². The number of pyridine rings is 1. The number of nitrogens with one attached hydrogen (secondary N) is 1. The molecule has 0 radical (unpaired) electrons. The number of aryl methyl sites for hydroxylation is 2. The van der Waals surface area contributed by atoms with Crippen molar-refractivity contribution in [3.63, 3.8) is 0 Å². The first kappa shape index (κ1) is 17.9. The Morgan fingerprint density at radius 3 is 2.65 bits per heavy atom. The summed E-state index contributed by atoms with van der Waals surface area (Å²) in [6, 6.07) is 5.10. The Morgan fingerprint density at radius 2 is 1.96 bits per heavy atom. The number of amides is 2. The molecule has 2 aromatic heterocycles. The zero-order chi connectivity index (χ0) is 18.7. The standard InChI is InChI=1S/C18H21N5O3/c1-11-8-12(2)21-17(20-11)15-10-23(6-7-26-15)18(25)14-4-5-19-16(9-14)22-13(3)24/h4-5,8-9,15H,6-7,10H2,1-3H3,(H,19,22,24). The van der Waals surface area contributed by atoms with Crippen molar-refractivity contribution >= 4 is 17.6 Å². The normalized spacial score (nSPS) is 17.0. The van der Waals surface area contributed by atoms with Crippen LogP contribution in [0.25, 0.3) is 0 Å². The van der Waals surface area contributed by atoms with E-state index in [1.165, 1.54) is 13.1 Å². The topological polar surface area (TPSA) is 97.3 Å². The third-order valence-corrected chi connectivity index (χ3v) is 3.95. The predicted molar refractivity (Wildman–Crippen MR) is 94.6 cm³/mol. The molecule has 1 unspecified atom stereocenters. The first-order valence-corrected chi connectivity index (χ1v) is 8.39. The number of nitrogens with zero attached hydrogens (tertiary/aromatic N) is 4. The molecule has 0 aliphatic carbocycles. The van der Waals surface area contributed by atoms with Crippen LogP contribution < -0.4 is 5.32 Å². The van der Waals surface area contributed by atoms with Gasteiger partial charge in [-0.25, -0.2) is 15.0 Å². The quantitative estimate of drug-likeness (QED) is 0.899. The molecule has 0 spiro atoms. The smallest absolute Gasteiger partial charge is 0.254 e. The number of hydrogen-bond donors (Lipinski definition) is 1. The minimum atomic E-state index is -0.358. The lowest BCUT2D eigenvalue weighted by Crippen LogP contribution is -2.42. The van der Waals surface area contributed by atoms with E-state index < -0.39 is 0 Å². The van der Waals surface area contributed by atoms with Crippen molar-refractivity contribution in [2.75, 3.05) is 25.0 Å². The van der Waals surface area contributed by atoms with Gasteiger partial charge in [0.15, 0.2) is 5.82 Å². The minimum Gasteiger partial charge on any atom is -0.367 e. The molecule has 1 aliphatic heterocycles. The number of carbonyl (C=O) groups excluding carboxylic acids is 2. The lowest BCUT2D eigenvalue weighted by molar-refractivity contribution is -0.114. The summed E-state index contributed by atoms with van der Waals surface area (Å²) in [6.45, 7) is 6.48. The second kappa shape index (κ2) is 7.57. The SMILES string of the molecule is CC(=O)Nc1cc(C(=O)N2CCOC(c3nc(C)cc(C)n3)C2)ccn1. The molecule has 1 aliphatic rings. The van der Waals surface area contributed by atoms with Gasteiger partial charge >= 0.3 is 0 Å². The van der Waals surface area contributed by atoms with Gasteiger partial charge in [0.25, 0.3) is 5.91 Å². The number of aromatic nitrogens is 3. The van der Waals surface area contributed by atoms with Gasteiger partial charge in [0.2, 0.25) is 5.91 Å². The van der Waals surface area contributed by atoms with Crippen LogP contribution in [0.1, 0.15) is 40.6 Å². The van der Waals surface area contributed by atoms with E-state index in [2.05, 4.69) is 20.3 Å². The van der Waals surface area contributed by atoms with E-state index in [4.69, 9.17) is 4.74 Å². The maximum atomic E-state index is 12.8. The monoisotopic (exact) mass is 355 g/mol. The number of carbonyl (C=O) groups is 2. The van der Waals surface area contributed by atoms with Crippen LogP contribution in [0.15, 0.2) is 24.4 Å². The van der Waals surface area contributed by atoms with Crippen molar-refractivity contribution in [3.05, 3.63) is 47.2 Å². The summed E-state index contributed by atoms with van der Waals surface area (Å²) in [7, 11) is 0. The van der Waals surface area contributed by atoms with Crippen LogP contribution in [0.4, 0.5) is 5.82 Å². The second-order valence-electron chi connectivity index (χ2n) is 6.23. The Morgan fingerprint density at radius 1 is 1.23 bits per heavy atom. The molecule has 3 heterocycles. The molecule has 1 N–H and O–H groups in total. The van der Waals surface area contributed by atoms with E-state index in [1.807, 2.05) is 19.9 Å². The average Bonchev–Trinajstić information content (AvgIpc) is 2.60. The number of rotatable bonds is 3. The molecule has 1 saturated heterocycles. The molecular formula is C18H21N5O3. The highest BCUT2D eigenvalue weighted by molar-refractivity contribution is 5.96. The van der Waals surface area contributed by atoms with Gasteiger partial charge in [-0.15, -0.1) is 0 Å². The minimum absolute atomic E-state index is 0.142. The van der Waals surface area contributed by atoms with Gasteiger partial charge in [-0.1, -0.05) is 0 Å². The summed E-state index contributed by atoms with van der Waals surface area (Å²) in [4.78, 5) is 38.6. The molecule has 1 fully saturated rings. The maximum absolute atomic E-state index is 12.8. The van der Waals surface area contributed by atoms with Crippen molar-refractivity contribution in [1.82, 2.24) is 19.9 Å². The Balaban J connectivity index is 1.76. The third-order valence-electron chi connectivity index (χ3n) is 3.95. The highest BCUT2D eigenvalue weighted by Crippen LogP contribution is 2.21.